The van der Waals surface area contributed by atoms with Gasteiger partial charge in [0, 0.05) is 6.54 Å². The molecule has 2 aromatic rings. The molecular weight excluding hydrogens is 374 g/mol. The van der Waals surface area contributed by atoms with Crippen molar-refractivity contribution in [2.75, 3.05) is 26.7 Å². The number of ether oxygens (including phenoxy) is 1. The van der Waals surface area contributed by atoms with E-state index in [0.717, 1.165) is 6.07 Å². The number of sulfonamides is 1. The average molecular weight is 397 g/mol. The van der Waals surface area contributed by atoms with Gasteiger partial charge >= 0.3 is 0 Å². The number of benzene rings is 1. The normalized spacial score (nSPS) is 12.9. The summed E-state index contributed by atoms with van der Waals surface area (Å²) in [7, 11) is -2.76. The molecule has 0 saturated heterocycles. The van der Waals surface area contributed by atoms with Gasteiger partial charge in [-0.2, -0.15) is 0 Å². The Balaban J connectivity index is 2.31. The average Bonchev–Trinajstić information content (AvgIpc) is 3.18. The van der Waals surface area contributed by atoms with Gasteiger partial charge in [-0.3, -0.25) is 15.0 Å². The minimum atomic E-state index is -4.11. The van der Waals surface area contributed by atoms with Gasteiger partial charge in [0.25, 0.3) is 5.69 Å². The molecule has 1 aromatic heterocycles. The summed E-state index contributed by atoms with van der Waals surface area (Å²) in [5, 5.41) is 11.3. The van der Waals surface area contributed by atoms with Crippen molar-refractivity contribution in [1.29, 1.82) is 0 Å². The molecule has 27 heavy (non-hydrogen) atoms. The highest BCUT2D eigenvalue weighted by atomic mass is 32.2. The van der Waals surface area contributed by atoms with Crippen LogP contribution in [0.5, 0.6) is 5.75 Å². The van der Waals surface area contributed by atoms with Crippen molar-refractivity contribution >= 4 is 15.7 Å². The Hall–Kier alpha value is -2.43. The number of hydrogen-bond donors (Lipinski definition) is 1. The predicted octanol–water partition coefficient (Wildman–Crippen LogP) is 2.56. The lowest BCUT2D eigenvalue weighted by Gasteiger charge is -2.28. The minimum absolute atomic E-state index is 0.0146. The molecule has 0 aliphatic rings. The van der Waals surface area contributed by atoms with Gasteiger partial charge in [-0.15, -0.1) is 0 Å². The molecule has 1 unspecified atom stereocenters. The van der Waals surface area contributed by atoms with Crippen molar-refractivity contribution in [3.05, 3.63) is 52.5 Å². The topological polar surface area (TPSA) is 115 Å². The van der Waals surface area contributed by atoms with E-state index in [4.69, 9.17) is 9.15 Å². The third kappa shape index (κ3) is 4.85. The number of methoxy groups -OCH3 is 1. The molecule has 0 aliphatic heterocycles. The first kappa shape index (κ1) is 20.9. The largest absolute Gasteiger partial charge is 0.497 e. The van der Waals surface area contributed by atoms with E-state index in [1.54, 1.807) is 12.1 Å². The van der Waals surface area contributed by atoms with E-state index in [9.17, 15) is 18.5 Å². The van der Waals surface area contributed by atoms with E-state index in [1.165, 1.54) is 25.5 Å². The molecule has 1 atom stereocenters. The van der Waals surface area contributed by atoms with Gasteiger partial charge in [-0.05, 0) is 37.4 Å². The Kier molecular flexibility index (Phi) is 6.94. The Morgan fingerprint density at radius 2 is 2.00 bits per heavy atom. The van der Waals surface area contributed by atoms with Crippen LogP contribution in [-0.2, 0) is 10.0 Å². The molecule has 148 valence electrons. The Labute approximate surface area is 158 Å². The summed E-state index contributed by atoms with van der Waals surface area (Å²) in [5.41, 5.74) is -0.542. The summed E-state index contributed by atoms with van der Waals surface area (Å²) in [4.78, 5) is 12.2. The van der Waals surface area contributed by atoms with Crippen LogP contribution >= 0.6 is 0 Å². The maximum atomic E-state index is 12.7. The summed E-state index contributed by atoms with van der Waals surface area (Å²) in [5.74, 6) is 0.822. The maximum absolute atomic E-state index is 12.7. The van der Waals surface area contributed by atoms with Gasteiger partial charge in [-0.1, -0.05) is 13.8 Å². The molecular formula is C17H23N3O6S. The van der Waals surface area contributed by atoms with Crippen LogP contribution in [0.1, 0.15) is 25.6 Å². The second-order valence-electron chi connectivity index (χ2n) is 5.70. The van der Waals surface area contributed by atoms with Crippen LogP contribution in [0.2, 0.25) is 0 Å². The molecule has 0 radical (unpaired) electrons. The van der Waals surface area contributed by atoms with Crippen molar-refractivity contribution in [1.82, 2.24) is 9.62 Å². The molecule has 1 N–H and O–H groups in total. The zero-order chi connectivity index (χ0) is 20.0. The first-order chi connectivity index (χ1) is 12.8. The minimum Gasteiger partial charge on any atom is -0.497 e. The lowest BCUT2D eigenvalue weighted by atomic mass is 10.2. The zero-order valence-electron chi connectivity index (χ0n) is 15.4. The van der Waals surface area contributed by atoms with Crippen LogP contribution < -0.4 is 9.46 Å². The molecule has 0 aliphatic carbocycles. The van der Waals surface area contributed by atoms with E-state index in [0.29, 0.717) is 18.8 Å². The summed E-state index contributed by atoms with van der Waals surface area (Å²) in [6.07, 6.45) is 1.52. The summed E-state index contributed by atoms with van der Waals surface area (Å²) >= 11 is 0. The molecule has 10 heteroatoms. The third-order valence-corrected chi connectivity index (χ3v) is 5.71. The number of likely N-dealkylation sites (N-methyl/N-ethyl adjacent to an activating group) is 1. The standard InChI is InChI=1S/C17H23N3O6S/c1-4-19(5-2)15(16-7-6-10-26-16)12-18-27(23,24)17-9-8-13(25-3)11-14(17)20(21)22/h6-11,15,18H,4-5,12H2,1-3H3. The van der Waals surface area contributed by atoms with Crippen LogP contribution in [0.3, 0.4) is 0 Å². The van der Waals surface area contributed by atoms with Crippen LogP contribution in [0, 0.1) is 10.1 Å². The Morgan fingerprint density at radius 1 is 1.30 bits per heavy atom. The van der Waals surface area contributed by atoms with E-state index >= 15 is 0 Å². The molecule has 0 fully saturated rings. The van der Waals surface area contributed by atoms with Crippen LogP contribution in [-0.4, -0.2) is 45.0 Å². The zero-order valence-corrected chi connectivity index (χ0v) is 16.2. The number of nitrogens with one attached hydrogen (secondary N) is 1. The van der Waals surface area contributed by atoms with Crippen molar-refractivity contribution in [2.24, 2.45) is 0 Å². The number of nitrogens with zero attached hydrogens (tertiary/aromatic N) is 2. The quantitative estimate of drug-likeness (QED) is 0.484. The number of furan rings is 1. The predicted molar refractivity (Wildman–Crippen MR) is 99.2 cm³/mol. The molecule has 1 heterocycles. The van der Waals surface area contributed by atoms with Gasteiger partial charge < -0.3 is 9.15 Å². The monoisotopic (exact) mass is 397 g/mol. The Bertz CT molecular complexity index is 863. The first-order valence-electron chi connectivity index (χ1n) is 8.43. The highest BCUT2D eigenvalue weighted by Crippen LogP contribution is 2.29. The lowest BCUT2D eigenvalue weighted by molar-refractivity contribution is -0.387. The molecule has 9 nitrogen and oxygen atoms in total. The number of hydrogen-bond acceptors (Lipinski definition) is 7. The fourth-order valence-corrected chi connectivity index (χ4v) is 4.00. The fraction of sp³-hybridized carbons (Fsp3) is 0.412. The molecule has 0 amide bonds. The van der Waals surface area contributed by atoms with Crippen LogP contribution in [0.4, 0.5) is 5.69 Å². The van der Waals surface area contributed by atoms with Crippen LogP contribution in [0.25, 0.3) is 0 Å². The number of nitro groups is 1. The van der Waals surface area contributed by atoms with Crippen molar-refractivity contribution in [2.45, 2.75) is 24.8 Å². The van der Waals surface area contributed by atoms with Crippen molar-refractivity contribution in [3.63, 3.8) is 0 Å². The van der Waals surface area contributed by atoms with Crippen molar-refractivity contribution < 1.29 is 22.5 Å². The highest BCUT2D eigenvalue weighted by Gasteiger charge is 2.29. The van der Waals surface area contributed by atoms with E-state index in [-0.39, 0.29) is 18.3 Å². The molecule has 0 saturated carbocycles. The summed E-state index contributed by atoms with van der Waals surface area (Å²) in [6, 6.07) is 6.79. The second-order valence-corrected chi connectivity index (χ2v) is 7.43. The second kappa shape index (κ2) is 8.98. The third-order valence-electron chi connectivity index (χ3n) is 4.24. The lowest BCUT2D eigenvalue weighted by Crippen LogP contribution is -2.38. The van der Waals surface area contributed by atoms with E-state index in [2.05, 4.69) is 4.72 Å². The van der Waals surface area contributed by atoms with Gasteiger partial charge in [0.1, 0.15) is 11.5 Å². The number of nitro benzene ring substituents is 1. The number of rotatable bonds is 10. The molecule has 1 aromatic carbocycles. The van der Waals surface area contributed by atoms with E-state index < -0.39 is 25.5 Å². The Morgan fingerprint density at radius 3 is 2.52 bits per heavy atom. The van der Waals surface area contributed by atoms with Gasteiger partial charge in [0.05, 0.1) is 30.4 Å². The molecule has 2 rings (SSSR count). The molecule has 0 bridgehead atoms. The highest BCUT2D eigenvalue weighted by molar-refractivity contribution is 7.89. The molecule has 0 spiro atoms. The van der Waals surface area contributed by atoms with Crippen molar-refractivity contribution in [3.8, 4) is 5.75 Å². The smallest absolute Gasteiger partial charge is 0.293 e. The fourth-order valence-electron chi connectivity index (χ4n) is 2.82. The summed E-state index contributed by atoms with van der Waals surface area (Å²) < 4.78 is 38.3. The van der Waals surface area contributed by atoms with Gasteiger partial charge in [0.2, 0.25) is 10.0 Å². The van der Waals surface area contributed by atoms with E-state index in [1.807, 2.05) is 18.7 Å². The summed E-state index contributed by atoms with van der Waals surface area (Å²) in [6.45, 7) is 5.31. The van der Waals surface area contributed by atoms with Crippen LogP contribution in [0.15, 0.2) is 45.9 Å². The van der Waals surface area contributed by atoms with Gasteiger partial charge in [-0.25, -0.2) is 13.1 Å². The maximum Gasteiger partial charge on any atom is 0.293 e. The SMILES string of the molecule is CCN(CC)C(CNS(=O)(=O)c1ccc(OC)cc1[N+](=O)[O-])c1ccco1. The first-order valence-corrected chi connectivity index (χ1v) is 9.91. The van der Waals surface area contributed by atoms with Gasteiger partial charge in [0.15, 0.2) is 4.90 Å².